The van der Waals surface area contributed by atoms with E-state index in [0.717, 1.165) is 55.1 Å². The van der Waals surface area contributed by atoms with Gasteiger partial charge in [-0.1, -0.05) is 0 Å². The molecule has 3 heterocycles. The molecule has 2 aromatic heterocycles. The fraction of sp³-hybridized carbons (Fsp3) is 0.353. The standard InChI is InChI=1S/C17H19FN6/c18-15-4-2-13(3-5-15)17-14(9-20-23-17)8-19-7-12-1-6-16-22-21-11-24(16)10-12/h2-5,9,11-12,19H,1,6-8,10H2,(H,20,23). The molecular formula is C17H19FN6. The maximum Gasteiger partial charge on any atom is 0.132 e. The Hall–Kier alpha value is -2.54. The molecule has 0 fully saturated rings. The number of benzene rings is 1. The van der Waals surface area contributed by atoms with Crippen molar-refractivity contribution in [3.8, 4) is 11.3 Å². The van der Waals surface area contributed by atoms with Crippen molar-refractivity contribution in [2.75, 3.05) is 6.54 Å². The first kappa shape index (κ1) is 15.0. The van der Waals surface area contributed by atoms with Crippen LogP contribution in [0.2, 0.25) is 0 Å². The van der Waals surface area contributed by atoms with Crippen LogP contribution in [0.3, 0.4) is 0 Å². The van der Waals surface area contributed by atoms with Gasteiger partial charge < -0.3 is 9.88 Å². The minimum absolute atomic E-state index is 0.233. The first-order valence-corrected chi connectivity index (χ1v) is 8.15. The van der Waals surface area contributed by atoms with Gasteiger partial charge in [0.25, 0.3) is 0 Å². The molecule has 0 aliphatic carbocycles. The fourth-order valence-corrected chi connectivity index (χ4v) is 3.22. The summed E-state index contributed by atoms with van der Waals surface area (Å²) in [5, 5.41) is 18.7. The normalized spacial score (nSPS) is 17.0. The number of hydrogen-bond donors (Lipinski definition) is 2. The van der Waals surface area contributed by atoms with Crippen LogP contribution in [0.1, 0.15) is 17.8 Å². The van der Waals surface area contributed by atoms with Gasteiger partial charge in [-0.05, 0) is 43.1 Å². The van der Waals surface area contributed by atoms with E-state index in [9.17, 15) is 4.39 Å². The van der Waals surface area contributed by atoms with Crippen molar-refractivity contribution in [2.24, 2.45) is 5.92 Å². The highest BCUT2D eigenvalue weighted by molar-refractivity contribution is 5.62. The number of H-pyrrole nitrogens is 1. The van der Waals surface area contributed by atoms with Crippen LogP contribution >= 0.6 is 0 Å². The Kier molecular flexibility index (Phi) is 4.08. The molecule has 1 aliphatic rings. The van der Waals surface area contributed by atoms with Crippen LogP contribution in [0, 0.1) is 11.7 Å². The van der Waals surface area contributed by atoms with E-state index in [1.54, 1.807) is 12.1 Å². The average Bonchev–Trinajstić information content (AvgIpc) is 3.24. The summed E-state index contributed by atoms with van der Waals surface area (Å²) in [4.78, 5) is 0. The van der Waals surface area contributed by atoms with Gasteiger partial charge in [0.05, 0.1) is 11.9 Å². The molecule has 4 rings (SSSR count). The Morgan fingerprint density at radius 2 is 2.17 bits per heavy atom. The summed E-state index contributed by atoms with van der Waals surface area (Å²) in [6.45, 7) is 2.63. The number of fused-ring (bicyclic) bond motifs is 1. The third-order valence-corrected chi connectivity index (χ3v) is 4.53. The topological polar surface area (TPSA) is 71.4 Å². The van der Waals surface area contributed by atoms with E-state index in [0.29, 0.717) is 5.92 Å². The quantitative estimate of drug-likeness (QED) is 0.754. The SMILES string of the molecule is Fc1ccc(-c2[nH]ncc2CNCC2CCc3nncn3C2)cc1. The van der Waals surface area contributed by atoms with E-state index in [4.69, 9.17) is 0 Å². The highest BCUT2D eigenvalue weighted by Crippen LogP contribution is 2.22. The summed E-state index contributed by atoms with van der Waals surface area (Å²) in [5.74, 6) is 1.43. The van der Waals surface area contributed by atoms with Crippen LogP contribution in [0.4, 0.5) is 4.39 Å². The monoisotopic (exact) mass is 326 g/mol. The molecule has 0 saturated heterocycles. The lowest BCUT2D eigenvalue weighted by Crippen LogP contribution is -2.29. The number of hydrogen-bond acceptors (Lipinski definition) is 4. The van der Waals surface area contributed by atoms with Gasteiger partial charge in [-0.15, -0.1) is 10.2 Å². The number of aromatic amines is 1. The second-order valence-corrected chi connectivity index (χ2v) is 6.21. The highest BCUT2D eigenvalue weighted by atomic mass is 19.1. The van der Waals surface area contributed by atoms with Crippen molar-refractivity contribution in [2.45, 2.75) is 25.9 Å². The van der Waals surface area contributed by atoms with E-state index < -0.39 is 0 Å². The number of aromatic nitrogens is 5. The lowest BCUT2D eigenvalue weighted by Gasteiger charge is -2.23. The summed E-state index contributed by atoms with van der Waals surface area (Å²) in [5.41, 5.74) is 2.96. The molecule has 7 heteroatoms. The Morgan fingerprint density at radius 3 is 3.04 bits per heavy atom. The van der Waals surface area contributed by atoms with Crippen molar-refractivity contribution in [3.05, 3.63) is 54.0 Å². The molecule has 3 aromatic rings. The number of nitrogens with one attached hydrogen (secondary N) is 2. The van der Waals surface area contributed by atoms with E-state index in [1.807, 2.05) is 12.5 Å². The minimum Gasteiger partial charge on any atom is -0.317 e. The minimum atomic E-state index is -0.233. The molecule has 24 heavy (non-hydrogen) atoms. The van der Waals surface area contributed by atoms with Crippen molar-refractivity contribution < 1.29 is 4.39 Å². The molecule has 124 valence electrons. The summed E-state index contributed by atoms with van der Waals surface area (Å²) >= 11 is 0. The smallest absolute Gasteiger partial charge is 0.132 e. The molecule has 0 saturated carbocycles. The number of rotatable bonds is 5. The van der Waals surface area contributed by atoms with Gasteiger partial charge in [-0.25, -0.2) is 4.39 Å². The van der Waals surface area contributed by atoms with Crippen molar-refractivity contribution >= 4 is 0 Å². The second kappa shape index (κ2) is 6.52. The molecule has 1 aliphatic heterocycles. The second-order valence-electron chi connectivity index (χ2n) is 6.21. The third kappa shape index (κ3) is 3.07. The zero-order chi connectivity index (χ0) is 16.4. The van der Waals surface area contributed by atoms with Gasteiger partial charge >= 0.3 is 0 Å². The third-order valence-electron chi connectivity index (χ3n) is 4.53. The number of aryl methyl sites for hydroxylation is 1. The summed E-state index contributed by atoms with van der Waals surface area (Å²) in [6, 6.07) is 6.46. The highest BCUT2D eigenvalue weighted by Gasteiger charge is 2.19. The van der Waals surface area contributed by atoms with E-state index >= 15 is 0 Å². The molecular weight excluding hydrogens is 307 g/mol. The largest absolute Gasteiger partial charge is 0.317 e. The van der Waals surface area contributed by atoms with Crippen LogP contribution in [-0.4, -0.2) is 31.5 Å². The van der Waals surface area contributed by atoms with Crippen LogP contribution in [0.15, 0.2) is 36.8 Å². The van der Waals surface area contributed by atoms with Crippen LogP contribution in [0.25, 0.3) is 11.3 Å². The first-order valence-electron chi connectivity index (χ1n) is 8.15. The van der Waals surface area contributed by atoms with E-state index in [2.05, 4.69) is 30.3 Å². The summed E-state index contributed by atoms with van der Waals surface area (Å²) in [7, 11) is 0. The van der Waals surface area contributed by atoms with E-state index in [1.165, 1.54) is 12.1 Å². The molecule has 2 N–H and O–H groups in total. The van der Waals surface area contributed by atoms with Crippen molar-refractivity contribution in [3.63, 3.8) is 0 Å². The van der Waals surface area contributed by atoms with Gasteiger partial charge in [-0.2, -0.15) is 5.10 Å². The van der Waals surface area contributed by atoms with Crippen molar-refractivity contribution in [1.82, 2.24) is 30.3 Å². The lowest BCUT2D eigenvalue weighted by atomic mass is 9.99. The van der Waals surface area contributed by atoms with Gasteiger partial charge in [0.1, 0.15) is 18.0 Å². The molecule has 1 atom stereocenters. The average molecular weight is 326 g/mol. The van der Waals surface area contributed by atoms with Crippen LogP contribution < -0.4 is 5.32 Å². The molecule has 0 radical (unpaired) electrons. The van der Waals surface area contributed by atoms with Gasteiger partial charge in [0.15, 0.2) is 0 Å². The van der Waals surface area contributed by atoms with Crippen LogP contribution in [-0.2, 0) is 19.5 Å². The number of nitrogens with zero attached hydrogens (tertiary/aromatic N) is 4. The van der Waals surface area contributed by atoms with Gasteiger partial charge in [-0.3, -0.25) is 5.10 Å². The molecule has 1 aromatic carbocycles. The van der Waals surface area contributed by atoms with Gasteiger partial charge in [0, 0.05) is 30.6 Å². The zero-order valence-electron chi connectivity index (χ0n) is 13.2. The molecule has 6 nitrogen and oxygen atoms in total. The predicted octanol–water partition coefficient (Wildman–Crippen LogP) is 2.16. The Labute approximate surface area is 139 Å². The zero-order valence-corrected chi connectivity index (χ0v) is 13.2. The first-order chi connectivity index (χ1) is 11.8. The number of halogens is 1. The molecule has 0 bridgehead atoms. The lowest BCUT2D eigenvalue weighted by molar-refractivity contribution is 0.347. The van der Waals surface area contributed by atoms with Crippen LogP contribution in [0.5, 0.6) is 0 Å². The van der Waals surface area contributed by atoms with E-state index in [-0.39, 0.29) is 5.82 Å². The van der Waals surface area contributed by atoms with Gasteiger partial charge in [0.2, 0.25) is 0 Å². The fourth-order valence-electron chi connectivity index (χ4n) is 3.22. The Bertz CT molecular complexity index is 807. The molecule has 0 spiro atoms. The molecule has 0 amide bonds. The maximum atomic E-state index is 13.1. The van der Waals surface area contributed by atoms with Crippen molar-refractivity contribution in [1.29, 1.82) is 0 Å². The predicted molar refractivity (Wildman–Crippen MR) is 87.5 cm³/mol. The Morgan fingerprint density at radius 1 is 1.29 bits per heavy atom. The Balaban J connectivity index is 1.36. The maximum absolute atomic E-state index is 13.1. The summed E-state index contributed by atoms with van der Waals surface area (Å²) < 4.78 is 15.2. The summed E-state index contributed by atoms with van der Waals surface area (Å²) in [6.07, 6.45) is 5.75. The molecule has 1 unspecified atom stereocenters.